The maximum atomic E-state index is 12.3. The molecule has 0 aromatic carbocycles. The Bertz CT molecular complexity index is 508. The summed E-state index contributed by atoms with van der Waals surface area (Å²) in [6.45, 7) is 2.26. The zero-order valence-electron chi connectivity index (χ0n) is 11.7. The van der Waals surface area contributed by atoms with E-state index in [1.165, 1.54) is 12.5 Å². The second kappa shape index (κ2) is 6.68. The van der Waals surface area contributed by atoms with Gasteiger partial charge in [0.15, 0.2) is 5.69 Å². The topological polar surface area (TPSA) is 119 Å². The van der Waals surface area contributed by atoms with E-state index in [0.29, 0.717) is 45.7 Å². The van der Waals surface area contributed by atoms with Gasteiger partial charge in [0.05, 0.1) is 11.7 Å². The van der Waals surface area contributed by atoms with E-state index in [1.54, 1.807) is 4.57 Å². The van der Waals surface area contributed by atoms with Gasteiger partial charge in [0.2, 0.25) is 5.91 Å². The molecule has 0 unspecified atom stereocenters. The minimum absolute atomic E-state index is 0.0100. The summed E-state index contributed by atoms with van der Waals surface area (Å²) in [5.41, 5.74) is 5.21. The van der Waals surface area contributed by atoms with Gasteiger partial charge in [0, 0.05) is 39.0 Å². The van der Waals surface area contributed by atoms with Crippen molar-refractivity contribution in [3.63, 3.8) is 0 Å². The molecule has 0 atom stereocenters. The molecule has 4 N–H and O–H groups in total. The summed E-state index contributed by atoms with van der Waals surface area (Å²) >= 11 is 0. The lowest BCUT2D eigenvalue weighted by Gasteiger charge is -2.34. The molecule has 1 fully saturated rings. The third kappa shape index (κ3) is 3.59. The summed E-state index contributed by atoms with van der Waals surface area (Å²) < 4.78 is 6.90. The highest BCUT2D eigenvalue weighted by Crippen LogP contribution is 2.29. The lowest BCUT2D eigenvalue weighted by molar-refractivity contribution is -0.135. The van der Waals surface area contributed by atoms with E-state index in [2.05, 4.69) is 10.3 Å². The minimum atomic E-state index is -1.07. The van der Waals surface area contributed by atoms with Crippen molar-refractivity contribution in [3.8, 4) is 0 Å². The maximum Gasteiger partial charge on any atom is 0.356 e. The first-order valence-corrected chi connectivity index (χ1v) is 6.88. The van der Waals surface area contributed by atoms with E-state index in [0.717, 1.165) is 0 Å². The molecular formula is C13H20N4O4. The molecule has 0 radical (unpaired) electrons. The number of hydrogen-bond acceptors (Lipinski definition) is 5. The van der Waals surface area contributed by atoms with Gasteiger partial charge in [0.1, 0.15) is 0 Å². The molecular weight excluding hydrogens is 276 g/mol. The fraction of sp³-hybridized carbons (Fsp3) is 0.615. The van der Waals surface area contributed by atoms with Crippen molar-refractivity contribution < 1.29 is 19.4 Å². The number of nitrogens with two attached hydrogens (primary N) is 1. The Morgan fingerprint density at radius 1 is 1.48 bits per heavy atom. The second-order valence-electron chi connectivity index (χ2n) is 5.15. The molecule has 2 rings (SSSR count). The second-order valence-corrected chi connectivity index (χ2v) is 5.15. The van der Waals surface area contributed by atoms with Gasteiger partial charge in [-0.3, -0.25) is 4.79 Å². The van der Waals surface area contributed by atoms with Crippen LogP contribution in [0.4, 0.5) is 0 Å². The van der Waals surface area contributed by atoms with Gasteiger partial charge in [-0.25, -0.2) is 9.78 Å². The quantitative estimate of drug-likeness (QED) is 0.648. The van der Waals surface area contributed by atoms with Crippen molar-refractivity contribution in [1.82, 2.24) is 14.9 Å². The third-order valence-corrected chi connectivity index (χ3v) is 3.83. The molecule has 2 heterocycles. The molecule has 116 valence electrons. The number of nitrogens with one attached hydrogen (secondary N) is 1. The van der Waals surface area contributed by atoms with Crippen molar-refractivity contribution in [2.24, 2.45) is 11.1 Å². The summed E-state index contributed by atoms with van der Waals surface area (Å²) in [5.74, 6) is -1.13. The number of ether oxygens (including phenoxy) is 1. The highest BCUT2D eigenvalue weighted by atomic mass is 16.5. The standard InChI is InChI=1S/C13H20N4O4/c14-8-13(1-5-21-6-2-13)12(20)15-3-4-17-7-10(11(18)19)16-9-17/h7,9H,1-6,8,14H2,(H,15,20)(H,18,19). The highest BCUT2D eigenvalue weighted by molar-refractivity contribution is 5.85. The number of aromatic nitrogens is 2. The van der Waals surface area contributed by atoms with Crippen molar-refractivity contribution >= 4 is 11.9 Å². The summed E-state index contributed by atoms with van der Waals surface area (Å²) in [5, 5.41) is 11.6. The number of imidazole rings is 1. The molecule has 1 aromatic rings. The van der Waals surface area contributed by atoms with Crippen LogP contribution in [0.25, 0.3) is 0 Å². The number of aromatic carboxylic acids is 1. The van der Waals surface area contributed by atoms with Gasteiger partial charge in [-0.05, 0) is 12.8 Å². The zero-order valence-corrected chi connectivity index (χ0v) is 11.7. The molecule has 8 nitrogen and oxygen atoms in total. The monoisotopic (exact) mass is 296 g/mol. The van der Waals surface area contributed by atoms with Crippen LogP contribution in [0.2, 0.25) is 0 Å². The van der Waals surface area contributed by atoms with Crippen LogP contribution in [-0.2, 0) is 16.1 Å². The molecule has 1 aliphatic rings. The normalized spacial score (nSPS) is 17.4. The van der Waals surface area contributed by atoms with Crippen LogP contribution >= 0.6 is 0 Å². The SMILES string of the molecule is NCC1(C(=O)NCCn2cnc(C(=O)O)c2)CCOCC1. The number of rotatable bonds is 6. The van der Waals surface area contributed by atoms with E-state index >= 15 is 0 Å². The first-order valence-electron chi connectivity index (χ1n) is 6.88. The third-order valence-electron chi connectivity index (χ3n) is 3.83. The fourth-order valence-corrected chi connectivity index (χ4v) is 2.36. The lowest BCUT2D eigenvalue weighted by atomic mass is 9.79. The average molecular weight is 296 g/mol. The molecule has 1 aliphatic heterocycles. The van der Waals surface area contributed by atoms with Crippen LogP contribution in [0, 0.1) is 5.41 Å². The number of carbonyl (C=O) groups is 2. The Hall–Kier alpha value is -1.93. The van der Waals surface area contributed by atoms with Gasteiger partial charge < -0.3 is 25.5 Å². The van der Waals surface area contributed by atoms with Crippen molar-refractivity contribution in [2.75, 3.05) is 26.3 Å². The molecule has 1 saturated heterocycles. The van der Waals surface area contributed by atoms with Gasteiger partial charge in [-0.2, -0.15) is 0 Å². The number of carbonyl (C=O) groups excluding carboxylic acids is 1. The average Bonchev–Trinajstić information content (AvgIpc) is 2.97. The van der Waals surface area contributed by atoms with E-state index in [1.807, 2.05) is 0 Å². The summed E-state index contributed by atoms with van der Waals surface area (Å²) in [4.78, 5) is 26.7. The molecule has 0 bridgehead atoms. The number of carboxylic acids is 1. The zero-order chi connectivity index (χ0) is 15.3. The minimum Gasteiger partial charge on any atom is -0.476 e. The molecule has 8 heteroatoms. The van der Waals surface area contributed by atoms with Crippen LogP contribution in [-0.4, -0.2) is 52.8 Å². The van der Waals surface area contributed by atoms with E-state index in [9.17, 15) is 9.59 Å². The van der Waals surface area contributed by atoms with Crippen LogP contribution in [0.5, 0.6) is 0 Å². The fourth-order valence-electron chi connectivity index (χ4n) is 2.36. The number of nitrogens with zero attached hydrogens (tertiary/aromatic N) is 2. The maximum absolute atomic E-state index is 12.3. The smallest absolute Gasteiger partial charge is 0.356 e. The first-order chi connectivity index (χ1) is 10.1. The van der Waals surface area contributed by atoms with Crippen LogP contribution in [0.3, 0.4) is 0 Å². The van der Waals surface area contributed by atoms with E-state index < -0.39 is 11.4 Å². The van der Waals surface area contributed by atoms with Crippen LogP contribution in [0.15, 0.2) is 12.5 Å². The Kier molecular flexibility index (Phi) is 4.92. The molecule has 1 amide bonds. The Morgan fingerprint density at radius 3 is 2.76 bits per heavy atom. The van der Waals surface area contributed by atoms with Crippen molar-refractivity contribution in [1.29, 1.82) is 0 Å². The Morgan fingerprint density at radius 2 is 2.19 bits per heavy atom. The molecule has 0 aliphatic carbocycles. The van der Waals surface area contributed by atoms with Gasteiger partial charge >= 0.3 is 5.97 Å². The predicted molar refractivity (Wildman–Crippen MR) is 73.7 cm³/mol. The molecule has 1 aromatic heterocycles. The summed E-state index contributed by atoms with van der Waals surface area (Å²) in [6.07, 6.45) is 4.12. The Balaban J connectivity index is 1.84. The van der Waals surface area contributed by atoms with Gasteiger partial charge in [-0.1, -0.05) is 0 Å². The number of carboxylic acid groups (broad SMARTS) is 1. The number of amides is 1. The largest absolute Gasteiger partial charge is 0.476 e. The van der Waals surface area contributed by atoms with Gasteiger partial charge in [-0.15, -0.1) is 0 Å². The molecule has 0 spiro atoms. The lowest BCUT2D eigenvalue weighted by Crippen LogP contribution is -2.49. The van der Waals surface area contributed by atoms with Crippen molar-refractivity contribution in [3.05, 3.63) is 18.2 Å². The summed E-state index contributed by atoms with van der Waals surface area (Å²) in [6, 6.07) is 0. The summed E-state index contributed by atoms with van der Waals surface area (Å²) in [7, 11) is 0. The van der Waals surface area contributed by atoms with Gasteiger partial charge in [0.25, 0.3) is 0 Å². The first kappa shape index (κ1) is 15.5. The van der Waals surface area contributed by atoms with Crippen molar-refractivity contribution in [2.45, 2.75) is 19.4 Å². The Labute approximate surface area is 122 Å². The van der Waals surface area contributed by atoms with Crippen LogP contribution in [0.1, 0.15) is 23.3 Å². The van der Waals surface area contributed by atoms with E-state index in [-0.39, 0.29) is 11.6 Å². The number of hydrogen-bond donors (Lipinski definition) is 3. The molecule has 21 heavy (non-hydrogen) atoms. The highest BCUT2D eigenvalue weighted by Gasteiger charge is 2.38. The van der Waals surface area contributed by atoms with E-state index in [4.69, 9.17) is 15.6 Å². The predicted octanol–water partition coefficient (Wildman–Crippen LogP) is -0.547. The molecule has 0 saturated carbocycles. The van der Waals surface area contributed by atoms with Crippen LogP contribution < -0.4 is 11.1 Å².